The van der Waals surface area contributed by atoms with Crippen LogP contribution in [0, 0.1) is 0 Å². The highest BCUT2D eigenvalue weighted by Gasteiger charge is 2.40. The molecule has 1 N–H and O–H groups in total. The van der Waals surface area contributed by atoms with Gasteiger partial charge in [-0.1, -0.05) is 35.0 Å². The highest BCUT2D eigenvalue weighted by Crippen LogP contribution is 2.43. The first kappa shape index (κ1) is 9.22. The van der Waals surface area contributed by atoms with Gasteiger partial charge in [0.25, 0.3) is 0 Å². The van der Waals surface area contributed by atoms with Crippen LogP contribution in [0.25, 0.3) is 0 Å². The van der Waals surface area contributed by atoms with Crippen molar-refractivity contribution in [1.29, 1.82) is 0 Å². The standard InChI is InChI=1S/C11H13BrO/c1-11(6-10(13)7-11)8-3-2-4-9(12)5-8/h2-5,10,13H,6-7H2,1H3/t10-,11+. The van der Waals surface area contributed by atoms with Crippen molar-refractivity contribution >= 4 is 15.9 Å². The van der Waals surface area contributed by atoms with Crippen molar-refractivity contribution in [3.05, 3.63) is 34.3 Å². The van der Waals surface area contributed by atoms with Crippen LogP contribution in [0.2, 0.25) is 0 Å². The van der Waals surface area contributed by atoms with E-state index in [1.165, 1.54) is 5.56 Å². The van der Waals surface area contributed by atoms with E-state index in [1.54, 1.807) is 0 Å². The second kappa shape index (κ2) is 3.10. The highest BCUT2D eigenvalue weighted by atomic mass is 79.9. The van der Waals surface area contributed by atoms with Crippen LogP contribution in [0.15, 0.2) is 28.7 Å². The summed E-state index contributed by atoms with van der Waals surface area (Å²) in [6, 6.07) is 8.36. The Hall–Kier alpha value is -0.340. The summed E-state index contributed by atoms with van der Waals surface area (Å²) in [5.74, 6) is 0. The molecule has 0 amide bonds. The van der Waals surface area contributed by atoms with Gasteiger partial charge in [0, 0.05) is 4.47 Å². The number of benzene rings is 1. The normalized spacial score (nSPS) is 32.7. The van der Waals surface area contributed by atoms with E-state index in [-0.39, 0.29) is 11.5 Å². The fourth-order valence-corrected chi connectivity index (χ4v) is 2.48. The third-order valence-corrected chi connectivity index (χ3v) is 3.39. The maximum absolute atomic E-state index is 9.30. The lowest BCUT2D eigenvalue weighted by Crippen LogP contribution is -2.41. The minimum Gasteiger partial charge on any atom is -0.393 e. The van der Waals surface area contributed by atoms with Gasteiger partial charge in [0.15, 0.2) is 0 Å². The van der Waals surface area contributed by atoms with E-state index in [4.69, 9.17) is 0 Å². The van der Waals surface area contributed by atoms with Crippen LogP contribution in [0.1, 0.15) is 25.3 Å². The minimum absolute atomic E-state index is 0.0935. The van der Waals surface area contributed by atoms with Crippen LogP contribution in [0.5, 0.6) is 0 Å². The van der Waals surface area contributed by atoms with Gasteiger partial charge in [-0.2, -0.15) is 0 Å². The Balaban J connectivity index is 2.26. The molecule has 0 aromatic heterocycles. The molecule has 13 heavy (non-hydrogen) atoms. The minimum atomic E-state index is -0.0935. The molecule has 1 aliphatic rings. The molecule has 0 saturated heterocycles. The van der Waals surface area contributed by atoms with E-state index in [0.717, 1.165) is 17.3 Å². The van der Waals surface area contributed by atoms with Crippen molar-refractivity contribution in [2.75, 3.05) is 0 Å². The molecule has 0 heterocycles. The molecule has 1 nitrogen and oxygen atoms in total. The summed E-state index contributed by atoms with van der Waals surface area (Å²) >= 11 is 3.46. The van der Waals surface area contributed by atoms with Crippen molar-refractivity contribution in [3.63, 3.8) is 0 Å². The fraction of sp³-hybridized carbons (Fsp3) is 0.455. The Labute approximate surface area is 86.9 Å². The van der Waals surface area contributed by atoms with E-state index < -0.39 is 0 Å². The first-order chi connectivity index (χ1) is 6.10. The van der Waals surface area contributed by atoms with Crippen LogP contribution < -0.4 is 0 Å². The predicted molar refractivity (Wildman–Crippen MR) is 56.7 cm³/mol. The molecule has 0 aliphatic heterocycles. The van der Waals surface area contributed by atoms with Crippen molar-refractivity contribution < 1.29 is 5.11 Å². The van der Waals surface area contributed by atoms with E-state index in [9.17, 15) is 5.11 Å². The first-order valence-electron chi connectivity index (χ1n) is 4.54. The highest BCUT2D eigenvalue weighted by molar-refractivity contribution is 9.10. The fourth-order valence-electron chi connectivity index (χ4n) is 2.08. The van der Waals surface area contributed by atoms with Crippen molar-refractivity contribution in [1.82, 2.24) is 0 Å². The molecule has 0 radical (unpaired) electrons. The van der Waals surface area contributed by atoms with Crippen LogP contribution in [0.4, 0.5) is 0 Å². The molecule has 1 fully saturated rings. The van der Waals surface area contributed by atoms with Gasteiger partial charge < -0.3 is 5.11 Å². The van der Waals surface area contributed by atoms with E-state index in [2.05, 4.69) is 41.1 Å². The number of aliphatic hydroxyl groups is 1. The number of hydrogen-bond acceptors (Lipinski definition) is 1. The molecule has 1 aromatic carbocycles. The number of halogens is 1. The Morgan fingerprint density at radius 2 is 2.15 bits per heavy atom. The summed E-state index contributed by atoms with van der Waals surface area (Å²) in [4.78, 5) is 0. The second-order valence-corrected chi connectivity index (χ2v) is 5.05. The summed E-state index contributed by atoms with van der Waals surface area (Å²) in [7, 11) is 0. The zero-order valence-electron chi connectivity index (χ0n) is 7.63. The average molecular weight is 241 g/mol. The second-order valence-electron chi connectivity index (χ2n) is 4.13. The average Bonchev–Trinajstić information content (AvgIpc) is 2.02. The molecule has 2 heteroatoms. The number of hydrogen-bond donors (Lipinski definition) is 1. The number of aliphatic hydroxyl groups excluding tert-OH is 1. The van der Waals surface area contributed by atoms with Gasteiger partial charge in [-0.25, -0.2) is 0 Å². The summed E-state index contributed by atoms with van der Waals surface area (Å²) < 4.78 is 1.12. The van der Waals surface area contributed by atoms with Gasteiger partial charge in [0.1, 0.15) is 0 Å². The Bertz CT molecular complexity index is 316. The molecule has 70 valence electrons. The molecular formula is C11H13BrO. The van der Waals surface area contributed by atoms with Gasteiger partial charge >= 0.3 is 0 Å². The van der Waals surface area contributed by atoms with Crippen LogP contribution in [0.3, 0.4) is 0 Å². The predicted octanol–water partition coefficient (Wildman–Crippen LogP) is 2.86. The molecule has 0 atom stereocenters. The number of rotatable bonds is 1. The molecular weight excluding hydrogens is 228 g/mol. The molecule has 2 rings (SSSR count). The van der Waals surface area contributed by atoms with Crippen molar-refractivity contribution in [2.24, 2.45) is 0 Å². The maximum Gasteiger partial charge on any atom is 0.0557 e. The first-order valence-corrected chi connectivity index (χ1v) is 5.34. The van der Waals surface area contributed by atoms with Crippen molar-refractivity contribution in [3.8, 4) is 0 Å². The third kappa shape index (κ3) is 1.65. The largest absolute Gasteiger partial charge is 0.393 e. The Kier molecular flexibility index (Phi) is 2.20. The van der Waals surface area contributed by atoms with Gasteiger partial charge in [0.05, 0.1) is 6.10 Å². The lowest BCUT2D eigenvalue weighted by molar-refractivity contribution is 0.0272. The zero-order valence-corrected chi connectivity index (χ0v) is 9.21. The Morgan fingerprint density at radius 1 is 1.46 bits per heavy atom. The summed E-state index contributed by atoms with van der Waals surface area (Å²) in [5, 5.41) is 9.30. The molecule has 0 unspecified atom stereocenters. The monoisotopic (exact) mass is 240 g/mol. The third-order valence-electron chi connectivity index (χ3n) is 2.89. The SMILES string of the molecule is C[C@]1(c2cccc(Br)c2)C[C@@H](O)C1. The van der Waals surface area contributed by atoms with Gasteiger partial charge in [-0.15, -0.1) is 0 Å². The van der Waals surface area contributed by atoms with Gasteiger partial charge in [0.2, 0.25) is 0 Å². The molecule has 1 saturated carbocycles. The molecule has 1 aromatic rings. The lowest BCUT2D eigenvalue weighted by Gasteiger charge is -2.43. The summed E-state index contributed by atoms with van der Waals surface area (Å²) in [5.41, 5.74) is 1.52. The van der Waals surface area contributed by atoms with Gasteiger partial charge in [-0.3, -0.25) is 0 Å². The van der Waals surface area contributed by atoms with E-state index >= 15 is 0 Å². The molecule has 0 spiro atoms. The zero-order chi connectivity index (χ0) is 9.47. The molecule has 1 aliphatic carbocycles. The van der Waals surface area contributed by atoms with E-state index in [0.29, 0.717) is 0 Å². The van der Waals surface area contributed by atoms with Crippen LogP contribution in [-0.2, 0) is 5.41 Å². The van der Waals surface area contributed by atoms with E-state index in [1.807, 2.05) is 6.07 Å². The maximum atomic E-state index is 9.30. The summed E-state index contributed by atoms with van der Waals surface area (Å²) in [6.07, 6.45) is 1.69. The van der Waals surface area contributed by atoms with Gasteiger partial charge in [-0.05, 0) is 36.0 Å². The lowest BCUT2D eigenvalue weighted by atomic mass is 9.64. The Morgan fingerprint density at radius 3 is 2.69 bits per heavy atom. The summed E-state index contributed by atoms with van der Waals surface area (Å²) in [6.45, 7) is 2.21. The molecule has 0 bridgehead atoms. The van der Waals surface area contributed by atoms with Crippen LogP contribution >= 0.6 is 15.9 Å². The quantitative estimate of drug-likeness (QED) is 0.801. The topological polar surface area (TPSA) is 20.2 Å². The van der Waals surface area contributed by atoms with Crippen LogP contribution in [-0.4, -0.2) is 11.2 Å². The smallest absolute Gasteiger partial charge is 0.0557 e. The van der Waals surface area contributed by atoms with Crippen molar-refractivity contribution in [2.45, 2.75) is 31.3 Å².